The summed E-state index contributed by atoms with van der Waals surface area (Å²) in [5.74, 6) is -0.303. The molecule has 0 unspecified atom stereocenters. The van der Waals surface area contributed by atoms with Gasteiger partial charge in [-0.15, -0.1) is 22.7 Å². The number of fused-ring (bicyclic) bond motifs is 1. The van der Waals surface area contributed by atoms with E-state index in [1.165, 1.54) is 18.3 Å². The van der Waals surface area contributed by atoms with Crippen molar-refractivity contribution >= 4 is 56.0 Å². The number of carbonyl (C=O) groups is 2. The van der Waals surface area contributed by atoms with E-state index in [9.17, 15) is 9.59 Å². The van der Waals surface area contributed by atoms with E-state index in [4.69, 9.17) is 10.7 Å². The first-order valence-corrected chi connectivity index (χ1v) is 10.3. The van der Waals surface area contributed by atoms with E-state index in [2.05, 4.69) is 5.32 Å². The summed E-state index contributed by atoms with van der Waals surface area (Å²) >= 11 is 2.94. The standard InChI is InChI=1S/C21H17N3O2S2/c1-11-10-15(16-4-3-9-27-16)24-21-17(11)18(22)20(28-21)19(26)13-5-7-14(8-6-13)23-12(2)25/h3-10H,22H2,1-2H3,(H,23,25). The summed E-state index contributed by atoms with van der Waals surface area (Å²) in [6, 6.07) is 12.8. The molecule has 0 aliphatic rings. The second-order valence-corrected chi connectivity index (χ2v) is 8.36. The van der Waals surface area contributed by atoms with Crippen molar-refractivity contribution < 1.29 is 9.59 Å². The van der Waals surface area contributed by atoms with E-state index in [0.29, 0.717) is 21.8 Å². The van der Waals surface area contributed by atoms with Gasteiger partial charge in [-0.2, -0.15) is 0 Å². The second kappa shape index (κ2) is 7.18. The Balaban J connectivity index is 1.74. The Bertz CT molecular complexity index is 1190. The topological polar surface area (TPSA) is 85.1 Å². The molecule has 4 aromatic rings. The van der Waals surface area contributed by atoms with Crippen molar-refractivity contribution in [2.45, 2.75) is 13.8 Å². The SMILES string of the molecule is CC(=O)Nc1ccc(C(=O)c2sc3nc(-c4cccs4)cc(C)c3c2N)cc1. The molecule has 1 amide bonds. The molecular formula is C21H17N3O2S2. The van der Waals surface area contributed by atoms with Gasteiger partial charge in [-0.1, -0.05) is 6.07 Å². The fourth-order valence-corrected chi connectivity index (χ4v) is 4.89. The lowest BCUT2D eigenvalue weighted by atomic mass is 10.1. The molecule has 0 radical (unpaired) electrons. The number of benzene rings is 1. The lowest BCUT2D eigenvalue weighted by molar-refractivity contribution is -0.114. The van der Waals surface area contributed by atoms with Crippen molar-refractivity contribution in [3.05, 3.63) is 63.8 Å². The number of thiophene rings is 2. The number of aromatic nitrogens is 1. The molecule has 0 saturated heterocycles. The third-order valence-electron chi connectivity index (χ3n) is 4.34. The maximum absolute atomic E-state index is 13.0. The Labute approximate surface area is 169 Å². The Morgan fingerprint density at radius 2 is 1.89 bits per heavy atom. The molecule has 7 heteroatoms. The number of amides is 1. The summed E-state index contributed by atoms with van der Waals surface area (Å²) in [6.45, 7) is 3.43. The highest BCUT2D eigenvalue weighted by atomic mass is 32.1. The van der Waals surface area contributed by atoms with Gasteiger partial charge in [0.15, 0.2) is 0 Å². The number of anilines is 2. The molecule has 0 fully saturated rings. The largest absolute Gasteiger partial charge is 0.397 e. The zero-order valence-electron chi connectivity index (χ0n) is 15.3. The van der Waals surface area contributed by atoms with Gasteiger partial charge in [0, 0.05) is 23.6 Å². The van der Waals surface area contributed by atoms with Gasteiger partial charge in [-0.25, -0.2) is 4.98 Å². The first kappa shape index (κ1) is 18.3. The van der Waals surface area contributed by atoms with E-state index in [0.717, 1.165) is 26.4 Å². The molecule has 140 valence electrons. The smallest absolute Gasteiger partial charge is 0.221 e. The molecule has 0 spiro atoms. The molecule has 0 aliphatic heterocycles. The number of ketones is 1. The first-order valence-electron chi connectivity index (χ1n) is 8.60. The predicted octanol–water partition coefficient (Wildman–Crippen LogP) is 5.10. The second-order valence-electron chi connectivity index (χ2n) is 6.41. The quantitative estimate of drug-likeness (QED) is 0.461. The summed E-state index contributed by atoms with van der Waals surface area (Å²) in [6.07, 6.45) is 0. The fourth-order valence-electron chi connectivity index (χ4n) is 3.07. The maximum Gasteiger partial charge on any atom is 0.221 e. The van der Waals surface area contributed by atoms with Crippen LogP contribution in [0.3, 0.4) is 0 Å². The number of hydrogen-bond donors (Lipinski definition) is 2. The number of nitrogen functional groups attached to an aromatic ring is 1. The van der Waals surface area contributed by atoms with Crippen LogP contribution in [0.15, 0.2) is 47.8 Å². The van der Waals surface area contributed by atoms with Gasteiger partial charge in [0.05, 0.1) is 16.3 Å². The van der Waals surface area contributed by atoms with Gasteiger partial charge in [0.2, 0.25) is 11.7 Å². The van der Waals surface area contributed by atoms with Crippen LogP contribution >= 0.6 is 22.7 Å². The van der Waals surface area contributed by atoms with Crippen LogP contribution in [0.2, 0.25) is 0 Å². The third kappa shape index (κ3) is 3.30. The fraction of sp³-hybridized carbons (Fsp3) is 0.0952. The zero-order valence-corrected chi connectivity index (χ0v) is 16.9. The zero-order chi connectivity index (χ0) is 19.8. The highest BCUT2D eigenvalue weighted by Gasteiger charge is 2.21. The van der Waals surface area contributed by atoms with Crippen LogP contribution in [0.5, 0.6) is 0 Å². The van der Waals surface area contributed by atoms with E-state index in [1.807, 2.05) is 30.5 Å². The van der Waals surface area contributed by atoms with Gasteiger partial charge in [-0.3, -0.25) is 9.59 Å². The summed E-state index contributed by atoms with van der Waals surface area (Å²) in [7, 11) is 0. The third-order valence-corrected chi connectivity index (χ3v) is 6.33. The number of aryl methyl sites for hydroxylation is 1. The number of rotatable bonds is 4. The van der Waals surface area contributed by atoms with E-state index >= 15 is 0 Å². The molecule has 3 aromatic heterocycles. The van der Waals surface area contributed by atoms with E-state index in [-0.39, 0.29) is 11.7 Å². The van der Waals surface area contributed by atoms with Gasteiger partial charge in [-0.05, 0) is 54.3 Å². The molecule has 5 nitrogen and oxygen atoms in total. The maximum atomic E-state index is 13.0. The van der Waals surface area contributed by atoms with Gasteiger partial charge in [0.1, 0.15) is 9.71 Å². The van der Waals surface area contributed by atoms with Crippen molar-refractivity contribution in [2.24, 2.45) is 0 Å². The van der Waals surface area contributed by atoms with Crippen LogP contribution in [-0.2, 0) is 4.79 Å². The lowest BCUT2D eigenvalue weighted by Crippen LogP contribution is -2.06. The highest BCUT2D eigenvalue weighted by molar-refractivity contribution is 7.21. The Hall–Kier alpha value is -3.03. The molecule has 1 aromatic carbocycles. The van der Waals surface area contributed by atoms with Crippen molar-refractivity contribution in [1.82, 2.24) is 4.98 Å². The molecule has 0 atom stereocenters. The number of nitrogens with zero attached hydrogens (tertiary/aromatic N) is 1. The number of nitrogens with one attached hydrogen (secondary N) is 1. The Morgan fingerprint density at radius 3 is 2.54 bits per heavy atom. The van der Waals surface area contributed by atoms with Crippen LogP contribution in [0.4, 0.5) is 11.4 Å². The predicted molar refractivity (Wildman–Crippen MR) is 116 cm³/mol. The van der Waals surface area contributed by atoms with Crippen molar-refractivity contribution in [3.63, 3.8) is 0 Å². The molecule has 3 heterocycles. The summed E-state index contributed by atoms with van der Waals surface area (Å²) in [5.41, 5.74) is 9.86. The monoisotopic (exact) mass is 407 g/mol. The molecule has 0 bridgehead atoms. The highest BCUT2D eigenvalue weighted by Crippen LogP contribution is 2.38. The van der Waals surface area contributed by atoms with Crippen LogP contribution in [0.25, 0.3) is 20.8 Å². The van der Waals surface area contributed by atoms with Crippen LogP contribution in [0.1, 0.15) is 27.7 Å². The lowest BCUT2D eigenvalue weighted by Gasteiger charge is -2.04. The summed E-state index contributed by atoms with van der Waals surface area (Å²) < 4.78 is 0. The molecule has 4 rings (SSSR count). The first-order chi connectivity index (χ1) is 13.4. The minimum atomic E-state index is -0.157. The van der Waals surface area contributed by atoms with Crippen LogP contribution < -0.4 is 11.1 Å². The number of carbonyl (C=O) groups excluding carboxylic acids is 2. The van der Waals surface area contributed by atoms with E-state index in [1.54, 1.807) is 35.6 Å². The van der Waals surface area contributed by atoms with Crippen LogP contribution in [-0.4, -0.2) is 16.7 Å². The molecule has 0 saturated carbocycles. The average Bonchev–Trinajstić information content (AvgIpc) is 3.30. The summed E-state index contributed by atoms with van der Waals surface area (Å²) in [4.78, 5) is 31.2. The van der Waals surface area contributed by atoms with Gasteiger partial charge in [0.25, 0.3) is 0 Å². The van der Waals surface area contributed by atoms with Crippen LogP contribution in [0, 0.1) is 6.92 Å². The molecule has 3 N–H and O–H groups in total. The van der Waals surface area contributed by atoms with Crippen molar-refractivity contribution in [1.29, 1.82) is 0 Å². The number of pyridine rings is 1. The van der Waals surface area contributed by atoms with E-state index < -0.39 is 0 Å². The minimum absolute atomic E-state index is 0.146. The van der Waals surface area contributed by atoms with Gasteiger partial charge < -0.3 is 11.1 Å². The minimum Gasteiger partial charge on any atom is -0.397 e. The average molecular weight is 408 g/mol. The molecule has 28 heavy (non-hydrogen) atoms. The Morgan fingerprint density at radius 1 is 1.14 bits per heavy atom. The van der Waals surface area contributed by atoms with Crippen molar-refractivity contribution in [2.75, 3.05) is 11.1 Å². The molecule has 0 aliphatic carbocycles. The Kier molecular flexibility index (Phi) is 4.70. The normalized spacial score (nSPS) is 10.9. The molecular weight excluding hydrogens is 390 g/mol. The van der Waals surface area contributed by atoms with Crippen molar-refractivity contribution in [3.8, 4) is 10.6 Å². The number of nitrogens with two attached hydrogens (primary N) is 1. The number of hydrogen-bond acceptors (Lipinski definition) is 6. The summed E-state index contributed by atoms with van der Waals surface area (Å²) in [5, 5.41) is 5.54. The van der Waals surface area contributed by atoms with Gasteiger partial charge >= 0.3 is 0 Å².